The maximum absolute atomic E-state index is 12.2. The molecule has 0 aromatic heterocycles. The minimum absolute atomic E-state index is 0.0710. The van der Waals surface area contributed by atoms with Crippen LogP contribution in [0, 0.1) is 0 Å². The third kappa shape index (κ3) is 3.43. The predicted molar refractivity (Wildman–Crippen MR) is 68.4 cm³/mol. The summed E-state index contributed by atoms with van der Waals surface area (Å²) in [6, 6.07) is 0.311. The molecule has 0 aliphatic carbocycles. The zero-order valence-electron chi connectivity index (χ0n) is 11.4. The number of ether oxygens (including phenoxy) is 2. The van der Waals surface area contributed by atoms with Crippen LogP contribution in [0.2, 0.25) is 0 Å². The highest BCUT2D eigenvalue weighted by Gasteiger charge is 2.27. The lowest BCUT2D eigenvalue weighted by Crippen LogP contribution is -2.44. The van der Waals surface area contributed by atoms with Crippen molar-refractivity contribution >= 4 is 5.91 Å². The van der Waals surface area contributed by atoms with Gasteiger partial charge in [0.15, 0.2) is 0 Å². The van der Waals surface area contributed by atoms with E-state index in [0.717, 1.165) is 39.0 Å². The largest absolute Gasteiger partial charge is 0.376 e. The lowest BCUT2D eigenvalue weighted by Gasteiger charge is -2.27. The summed E-state index contributed by atoms with van der Waals surface area (Å²) >= 11 is 0. The highest BCUT2D eigenvalue weighted by atomic mass is 16.5. The van der Waals surface area contributed by atoms with Gasteiger partial charge in [0, 0.05) is 26.2 Å². The van der Waals surface area contributed by atoms with Crippen molar-refractivity contribution in [3.05, 3.63) is 0 Å². The molecule has 1 N–H and O–H groups in total. The van der Waals surface area contributed by atoms with Crippen molar-refractivity contribution in [2.75, 3.05) is 33.4 Å². The first-order valence-corrected chi connectivity index (χ1v) is 6.89. The molecular formula is C13H24N2O3. The van der Waals surface area contributed by atoms with Gasteiger partial charge in [-0.1, -0.05) is 0 Å². The van der Waals surface area contributed by atoms with Gasteiger partial charge < -0.3 is 19.7 Å². The van der Waals surface area contributed by atoms with Crippen molar-refractivity contribution in [2.45, 2.75) is 44.4 Å². The molecule has 1 amide bonds. The molecule has 18 heavy (non-hydrogen) atoms. The van der Waals surface area contributed by atoms with Crippen LogP contribution >= 0.6 is 0 Å². The average molecular weight is 256 g/mol. The zero-order chi connectivity index (χ0) is 13.0. The van der Waals surface area contributed by atoms with Crippen molar-refractivity contribution in [2.24, 2.45) is 0 Å². The molecule has 2 fully saturated rings. The van der Waals surface area contributed by atoms with E-state index in [9.17, 15) is 4.79 Å². The summed E-state index contributed by atoms with van der Waals surface area (Å²) in [5.41, 5.74) is 0. The van der Waals surface area contributed by atoms with Gasteiger partial charge in [-0.05, 0) is 32.7 Å². The van der Waals surface area contributed by atoms with Crippen LogP contribution < -0.4 is 5.32 Å². The number of nitrogens with zero attached hydrogens (tertiary/aromatic N) is 1. The molecule has 2 heterocycles. The highest BCUT2D eigenvalue weighted by Crippen LogP contribution is 2.14. The van der Waals surface area contributed by atoms with E-state index in [2.05, 4.69) is 5.32 Å². The number of carbonyl (C=O) groups excluding carboxylic acids is 1. The average Bonchev–Trinajstić information content (AvgIpc) is 3.06. The second-order valence-corrected chi connectivity index (χ2v) is 5.21. The highest BCUT2D eigenvalue weighted by molar-refractivity contribution is 5.80. The molecule has 2 aliphatic heterocycles. The van der Waals surface area contributed by atoms with E-state index in [-0.39, 0.29) is 18.1 Å². The first-order valence-electron chi connectivity index (χ1n) is 6.89. The maximum Gasteiger partial charge on any atom is 0.251 e. The normalized spacial score (nSPS) is 29.4. The fourth-order valence-electron chi connectivity index (χ4n) is 2.54. The monoisotopic (exact) mass is 256 g/mol. The molecule has 2 aliphatic rings. The standard InChI is InChI=1S/C13H24N2O3/c1-10(18-9-12-4-3-7-17-12)13(16)15(2)11-5-6-14-8-11/h10-12,14H,3-9H2,1-2H3. The predicted octanol–water partition coefficient (Wildman–Crippen LogP) is 0.391. The second kappa shape index (κ2) is 6.50. The quantitative estimate of drug-likeness (QED) is 0.773. The molecule has 2 rings (SSSR count). The first kappa shape index (κ1) is 13.8. The van der Waals surface area contributed by atoms with Gasteiger partial charge in [-0.25, -0.2) is 0 Å². The number of hydrogen-bond acceptors (Lipinski definition) is 4. The number of nitrogens with one attached hydrogen (secondary N) is 1. The molecule has 0 bridgehead atoms. The van der Waals surface area contributed by atoms with Gasteiger partial charge >= 0.3 is 0 Å². The van der Waals surface area contributed by atoms with E-state index >= 15 is 0 Å². The molecule has 3 atom stereocenters. The van der Waals surface area contributed by atoms with Crippen LogP contribution in [-0.2, 0) is 14.3 Å². The summed E-state index contributed by atoms with van der Waals surface area (Å²) in [6.07, 6.45) is 2.98. The summed E-state index contributed by atoms with van der Waals surface area (Å²) in [5, 5.41) is 3.27. The van der Waals surface area contributed by atoms with E-state index in [0.29, 0.717) is 12.6 Å². The first-order chi connectivity index (χ1) is 8.68. The van der Waals surface area contributed by atoms with E-state index < -0.39 is 0 Å². The van der Waals surface area contributed by atoms with Gasteiger partial charge in [0.2, 0.25) is 0 Å². The SMILES string of the molecule is CC(OCC1CCCO1)C(=O)N(C)C1CCNC1. The Morgan fingerprint density at radius 1 is 1.56 bits per heavy atom. The number of amides is 1. The fourth-order valence-corrected chi connectivity index (χ4v) is 2.54. The van der Waals surface area contributed by atoms with E-state index in [1.165, 1.54) is 0 Å². The Balaban J connectivity index is 1.72. The van der Waals surface area contributed by atoms with Gasteiger partial charge in [0.05, 0.1) is 12.7 Å². The lowest BCUT2D eigenvalue weighted by atomic mass is 10.2. The van der Waals surface area contributed by atoms with Crippen LogP contribution in [-0.4, -0.2) is 62.4 Å². The Bertz CT molecular complexity index is 273. The molecule has 0 radical (unpaired) electrons. The number of likely N-dealkylation sites (N-methyl/N-ethyl adjacent to an activating group) is 1. The molecule has 5 nitrogen and oxygen atoms in total. The van der Waals surface area contributed by atoms with Crippen LogP contribution in [0.5, 0.6) is 0 Å². The Labute approximate surface area is 109 Å². The van der Waals surface area contributed by atoms with Crippen molar-refractivity contribution in [3.8, 4) is 0 Å². The van der Waals surface area contributed by atoms with E-state index in [1.807, 2.05) is 18.9 Å². The van der Waals surface area contributed by atoms with Gasteiger partial charge in [0.25, 0.3) is 5.91 Å². The van der Waals surface area contributed by atoms with E-state index in [4.69, 9.17) is 9.47 Å². The molecular weight excluding hydrogens is 232 g/mol. The second-order valence-electron chi connectivity index (χ2n) is 5.21. The van der Waals surface area contributed by atoms with Crippen LogP contribution in [0.15, 0.2) is 0 Å². The molecule has 0 spiro atoms. The molecule has 3 unspecified atom stereocenters. The molecule has 0 aromatic rings. The van der Waals surface area contributed by atoms with Crippen LogP contribution in [0.1, 0.15) is 26.2 Å². The Hall–Kier alpha value is -0.650. The third-order valence-electron chi connectivity index (χ3n) is 3.83. The smallest absolute Gasteiger partial charge is 0.251 e. The molecule has 5 heteroatoms. The van der Waals surface area contributed by atoms with Gasteiger partial charge in [-0.3, -0.25) is 4.79 Å². The summed E-state index contributed by atoms with van der Waals surface area (Å²) < 4.78 is 11.1. The topological polar surface area (TPSA) is 50.8 Å². The Kier molecular flexibility index (Phi) is 4.97. The van der Waals surface area contributed by atoms with Crippen LogP contribution in [0.4, 0.5) is 0 Å². The van der Waals surface area contributed by atoms with Crippen LogP contribution in [0.3, 0.4) is 0 Å². The van der Waals surface area contributed by atoms with Gasteiger partial charge in [-0.15, -0.1) is 0 Å². The van der Waals surface area contributed by atoms with Crippen molar-refractivity contribution < 1.29 is 14.3 Å². The van der Waals surface area contributed by atoms with Gasteiger partial charge in [0.1, 0.15) is 6.10 Å². The van der Waals surface area contributed by atoms with Crippen molar-refractivity contribution in [3.63, 3.8) is 0 Å². The summed E-state index contributed by atoms with van der Waals surface area (Å²) in [5.74, 6) is 0.0710. The summed E-state index contributed by atoms with van der Waals surface area (Å²) in [6.45, 7) is 5.07. The zero-order valence-corrected chi connectivity index (χ0v) is 11.4. The van der Waals surface area contributed by atoms with Crippen LogP contribution in [0.25, 0.3) is 0 Å². The third-order valence-corrected chi connectivity index (χ3v) is 3.83. The number of hydrogen-bond donors (Lipinski definition) is 1. The summed E-state index contributed by atoms with van der Waals surface area (Å²) in [7, 11) is 1.87. The maximum atomic E-state index is 12.2. The molecule has 2 saturated heterocycles. The Morgan fingerprint density at radius 2 is 2.39 bits per heavy atom. The Morgan fingerprint density at radius 3 is 3.00 bits per heavy atom. The molecule has 104 valence electrons. The number of rotatable bonds is 5. The minimum atomic E-state index is -0.375. The minimum Gasteiger partial charge on any atom is -0.376 e. The van der Waals surface area contributed by atoms with Crippen molar-refractivity contribution in [1.29, 1.82) is 0 Å². The van der Waals surface area contributed by atoms with Gasteiger partial charge in [-0.2, -0.15) is 0 Å². The number of carbonyl (C=O) groups is 1. The molecule has 0 aromatic carbocycles. The summed E-state index contributed by atoms with van der Waals surface area (Å²) in [4.78, 5) is 14.0. The molecule has 0 saturated carbocycles. The van der Waals surface area contributed by atoms with E-state index in [1.54, 1.807) is 0 Å². The van der Waals surface area contributed by atoms with Crippen molar-refractivity contribution in [1.82, 2.24) is 10.2 Å². The lowest BCUT2D eigenvalue weighted by molar-refractivity contribution is -0.145. The fraction of sp³-hybridized carbons (Fsp3) is 0.923.